The molecule has 1 fully saturated rings. The minimum atomic E-state index is -0.524. The van der Waals surface area contributed by atoms with Gasteiger partial charge in [0.2, 0.25) is 0 Å². The van der Waals surface area contributed by atoms with Gasteiger partial charge in [0.05, 0.1) is 6.61 Å². The SMILES string of the molecule is CCN1CCOC(C(O)c2sccc2Br)C1. The van der Waals surface area contributed by atoms with Crippen LogP contribution in [0.5, 0.6) is 0 Å². The van der Waals surface area contributed by atoms with E-state index in [4.69, 9.17) is 4.74 Å². The Hall–Kier alpha value is 0.0600. The Bertz CT molecular complexity index is 344. The van der Waals surface area contributed by atoms with Gasteiger partial charge in [-0.15, -0.1) is 11.3 Å². The zero-order valence-corrected chi connectivity index (χ0v) is 11.6. The Balaban J connectivity index is 2.04. The zero-order chi connectivity index (χ0) is 11.5. The predicted molar refractivity (Wildman–Crippen MR) is 68.8 cm³/mol. The third-order valence-corrected chi connectivity index (χ3v) is 4.83. The van der Waals surface area contributed by atoms with Crippen molar-refractivity contribution in [3.8, 4) is 0 Å². The Labute approximate surface area is 108 Å². The molecule has 1 aromatic heterocycles. The van der Waals surface area contributed by atoms with Crippen molar-refractivity contribution in [3.63, 3.8) is 0 Å². The highest BCUT2D eigenvalue weighted by Gasteiger charge is 2.29. The summed E-state index contributed by atoms with van der Waals surface area (Å²) in [5.74, 6) is 0. The number of likely N-dealkylation sites (N-methyl/N-ethyl adjacent to an activating group) is 1. The van der Waals surface area contributed by atoms with Crippen molar-refractivity contribution in [2.45, 2.75) is 19.1 Å². The van der Waals surface area contributed by atoms with Crippen molar-refractivity contribution in [1.29, 1.82) is 0 Å². The average molecular weight is 306 g/mol. The molecule has 2 atom stereocenters. The minimum absolute atomic E-state index is 0.108. The second kappa shape index (κ2) is 5.60. The number of nitrogens with zero attached hydrogens (tertiary/aromatic N) is 1. The minimum Gasteiger partial charge on any atom is -0.385 e. The van der Waals surface area contributed by atoms with Gasteiger partial charge in [0, 0.05) is 22.4 Å². The maximum Gasteiger partial charge on any atom is 0.117 e. The first-order valence-corrected chi connectivity index (χ1v) is 7.14. The van der Waals surface area contributed by atoms with Gasteiger partial charge in [0.1, 0.15) is 12.2 Å². The monoisotopic (exact) mass is 305 g/mol. The molecule has 1 saturated heterocycles. The van der Waals surface area contributed by atoms with E-state index in [1.807, 2.05) is 11.4 Å². The van der Waals surface area contributed by atoms with Gasteiger partial charge in [0.25, 0.3) is 0 Å². The lowest BCUT2D eigenvalue weighted by molar-refractivity contribution is -0.0880. The van der Waals surface area contributed by atoms with Crippen LogP contribution in [0.2, 0.25) is 0 Å². The van der Waals surface area contributed by atoms with Crippen LogP contribution in [-0.4, -0.2) is 42.4 Å². The van der Waals surface area contributed by atoms with Gasteiger partial charge in [-0.1, -0.05) is 6.92 Å². The van der Waals surface area contributed by atoms with E-state index in [-0.39, 0.29) is 6.10 Å². The molecular formula is C11H16BrNO2S. The van der Waals surface area contributed by atoms with Gasteiger partial charge in [-0.25, -0.2) is 0 Å². The molecule has 3 nitrogen and oxygen atoms in total. The van der Waals surface area contributed by atoms with E-state index < -0.39 is 6.10 Å². The second-order valence-corrected chi connectivity index (χ2v) is 5.68. The molecule has 0 spiro atoms. The molecule has 5 heteroatoms. The number of hydrogen-bond acceptors (Lipinski definition) is 4. The Morgan fingerprint density at radius 3 is 3.19 bits per heavy atom. The normalized spacial score (nSPS) is 24.6. The molecule has 0 bridgehead atoms. The van der Waals surface area contributed by atoms with Crippen molar-refractivity contribution in [2.75, 3.05) is 26.2 Å². The lowest BCUT2D eigenvalue weighted by atomic mass is 10.1. The van der Waals surface area contributed by atoms with E-state index in [0.29, 0.717) is 6.61 Å². The molecule has 2 heterocycles. The lowest BCUT2D eigenvalue weighted by Gasteiger charge is -2.34. The molecule has 2 rings (SSSR count). The van der Waals surface area contributed by atoms with E-state index in [1.54, 1.807) is 11.3 Å². The van der Waals surface area contributed by atoms with Crippen LogP contribution in [0.15, 0.2) is 15.9 Å². The average Bonchev–Trinajstić information content (AvgIpc) is 2.74. The highest BCUT2D eigenvalue weighted by molar-refractivity contribution is 9.10. The third-order valence-electron chi connectivity index (χ3n) is 2.89. The summed E-state index contributed by atoms with van der Waals surface area (Å²) in [6.07, 6.45) is -0.632. The number of ether oxygens (including phenoxy) is 1. The number of halogens is 1. The quantitative estimate of drug-likeness (QED) is 0.930. The van der Waals surface area contributed by atoms with E-state index >= 15 is 0 Å². The second-order valence-electron chi connectivity index (χ2n) is 3.88. The molecular weight excluding hydrogens is 290 g/mol. The van der Waals surface area contributed by atoms with Crippen LogP contribution in [0.3, 0.4) is 0 Å². The first-order valence-electron chi connectivity index (χ1n) is 5.47. The molecule has 0 amide bonds. The van der Waals surface area contributed by atoms with E-state index in [1.165, 1.54) is 0 Å². The molecule has 0 aromatic carbocycles. The maximum absolute atomic E-state index is 10.3. The summed E-state index contributed by atoms with van der Waals surface area (Å²) in [6.45, 7) is 5.62. The van der Waals surface area contributed by atoms with Gasteiger partial charge in [-0.2, -0.15) is 0 Å². The molecule has 1 aliphatic heterocycles. The summed E-state index contributed by atoms with van der Waals surface area (Å²) in [5.41, 5.74) is 0. The summed E-state index contributed by atoms with van der Waals surface area (Å²) < 4.78 is 6.62. The van der Waals surface area contributed by atoms with Crippen molar-refractivity contribution in [1.82, 2.24) is 4.90 Å². The highest BCUT2D eigenvalue weighted by Crippen LogP contribution is 2.32. The van der Waals surface area contributed by atoms with Crippen LogP contribution >= 0.6 is 27.3 Å². The van der Waals surface area contributed by atoms with E-state index in [9.17, 15) is 5.11 Å². The molecule has 0 saturated carbocycles. The fraction of sp³-hybridized carbons (Fsp3) is 0.636. The molecule has 1 aromatic rings. The lowest BCUT2D eigenvalue weighted by Crippen LogP contribution is -2.44. The smallest absolute Gasteiger partial charge is 0.117 e. The van der Waals surface area contributed by atoms with Gasteiger partial charge < -0.3 is 9.84 Å². The van der Waals surface area contributed by atoms with Crippen LogP contribution in [0, 0.1) is 0 Å². The first-order chi connectivity index (χ1) is 7.72. The van der Waals surface area contributed by atoms with Crippen LogP contribution in [-0.2, 0) is 4.74 Å². The number of aliphatic hydroxyl groups excluding tert-OH is 1. The maximum atomic E-state index is 10.3. The molecule has 0 aliphatic carbocycles. The molecule has 1 aliphatic rings. The largest absolute Gasteiger partial charge is 0.385 e. The Morgan fingerprint density at radius 1 is 1.75 bits per heavy atom. The van der Waals surface area contributed by atoms with Crippen molar-refractivity contribution < 1.29 is 9.84 Å². The Morgan fingerprint density at radius 2 is 2.56 bits per heavy atom. The van der Waals surface area contributed by atoms with Crippen LogP contribution in [0.25, 0.3) is 0 Å². The molecule has 1 N–H and O–H groups in total. The fourth-order valence-electron chi connectivity index (χ4n) is 1.90. The predicted octanol–water partition coefficient (Wildman–Crippen LogP) is 2.26. The van der Waals surface area contributed by atoms with Crippen molar-refractivity contribution in [3.05, 3.63) is 20.8 Å². The summed E-state index contributed by atoms with van der Waals surface area (Å²) in [6, 6.07) is 1.96. The van der Waals surface area contributed by atoms with Gasteiger partial charge >= 0.3 is 0 Å². The standard InChI is InChI=1S/C11H16BrNO2S/c1-2-13-4-5-15-9(7-13)10(14)11-8(12)3-6-16-11/h3,6,9-10,14H,2,4-5,7H2,1H3. The van der Waals surface area contributed by atoms with Crippen LogP contribution in [0.4, 0.5) is 0 Å². The number of thiophene rings is 1. The summed E-state index contributed by atoms with van der Waals surface area (Å²) >= 11 is 5.01. The van der Waals surface area contributed by atoms with E-state index in [2.05, 4.69) is 27.8 Å². The highest BCUT2D eigenvalue weighted by atomic mass is 79.9. The van der Waals surface area contributed by atoms with Crippen LogP contribution < -0.4 is 0 Å². The van der Waals surface area contributed by atoms with Crippen molar-refractivity contribution in [2.24, 2.45) is 0 Å². The van der Waals surface area contributed by atoms with E-state index in [0.717, 1.165) is 29.0 Å². The summed E-state index contributed by atoms with van der Waals surface area (Å²) in [4.78, 5) is 3.27. The van der Waals surface area contributed by atoms with Crippen LogP contribution in [0.1, 0.15) is 17.9 Å². The molecule has 90 valence electrons. The topological polar surface area (TPSA) is 32.7 Å². The molecule has 16 heavy (non-hydrogen) atoms. The zero-order valence-electron chi connectivity index (χ0n) is 9.23. The first kappa shape index (κ1) is 12.5. The summed E-state index contributed by atoms with van der Waals surface area (Å²) in [5, 5.41) is 12.2. The fourth-order valence-corrected chi connectivity index (χ4v) is 3.54. The van der Waals surface area contributed by atoms with Crippen molar-refractivity contribution >= 4 is 27.3 Å². The Kier molecular flexibility index (Phi) is 4.38. The number of hydrogen-bond donors (Lipinski definition) is 1. The summed E-state index contributed by atoms with van der Waals surface area (Å²) in [7, 11) is 0. The van der Waals surface area contributed by atoms with Gasteiger partial charge in [0.15, 0.2) is 0 Å². The number of aliphatic hydroxyl groups is 1. The number of rotatable bonds is 3. The van der Waals surface area contributed by atoms with Gasteiger partial charge in [-0.3, -0.25) is 4.90 Å². The molecule has 0 radical (unpaired) electrons. The third kappa shape index (κ3) is 2.65. The molecule has 2 unspecified atom stereocenters. The van der Waals surface area contributed by atoms with Gasteiger partial charge in [-0.05, 0) is 33.9 Å². The number of morpholine rings is 1.